The van der Waals surface area contributed by atoms with Gasteiger partial charge < -0.3 is 16.4 Å². The van der Waals surface area contributed by atoms with E-state index in [4.69, 9.17) is 5.73 Å². The molecule has 0 aliphatic heterocycles. The van der Waals surface area contributed by atoms with E-state index in [0.29, 0.717) is 5.69 Å². The minimum atomic E-state index is -0.635. The van der Waals surface area contributed by atoms with Crippen molar-refractivity contribution in [3.63, 3.8) is 0 Å². The second kappa shape index (κ2) is 8.65. The van der Waals surface area contributed by atoms with Crippen molar-refractivity contribution < 1.29 is 18.8 Å². The first-order chi connectivity index (χ1) is 13.4. The van der Waals surface area contributed by atoms with Crippen molar-refractivity contribution in [2.45, 2.75) is 32.1 Å². The fraction of sp³-hybridized carbons (Fsp3) is 0.286. The summed E-state index contributed by atoms with van der Waals surface area (Å²) in [6.07, 6.45) is 4.73. The van der Waals surface area contributed by atoms with Gasteiger partial charge in [0.25, 0.3) is 5.91 Å². The van der Waals surface area contributed by atoms with E-state index in [0.717, 1.165) is 32.1 Å². The molecule has 0 radical (unpaired) electrons. The van der Waals surface area contributed by atoms with Gasteiger partial charge >= 0.3 is 0 Å². The normalized spacial score (nSPS) is 14.3. The number of carbonyl (C=O) groups is 3. The summed E-state index contributed by atoms with van der Waals surface area (Å²) in [5.41, 5.74) is 6.04. The van der Waals surface area contributed by atoms with Crippen molar-refractivity contribution in [2.75, 3.05) is 10.6 Å². The van der Waals surface area contributed by atoms with Gasteiger partial charge in [-0.3, -0.25) is 14.4 Å². The Morgan fingerprint density at radius 1 is 0.929 bits per heavy atom. The average molecular weight is 383 g/mol. The molecular formula is C21H22FN3O3. The summed E-state index contributed by atoms with van der Waals surface area (Å²) in [4.78, 5) is 36.0. The highest BCUT2D eigenvalue weighted by atomic mass is 19.1. The van der Waals surface area contributed by atoms with Crippen LogP contribution < -0.4 is 16.4 Å². The highest BCUT2D eigenvalue weighted by molar-refractivity contribution is 6.06. The van der Waals surface area contributed by atoms with Crippen molar-refractivity contribution >= 4 is 29.1 Å². The molecule has 0 atom stereocenters. The summed E-state index contributed by atoms with van der Waals surface area (Å²) >= 11 is 0. The summed E-state index contributed by atoms with van der Waals surface area (Å²) in [6, 6.07) is 9.95. The summed E-state index contributed by atoms with van der Waals surface area (Å²) in [5, 5.41) is 5.27. The van der Waals surface area contributed by atoms with Crippen LogP contribution in [0.2, 0.25) is 0 Å². The summed E-state index contributed by atoms with van der Waals surface area (Å²) < 4.78 is 14.1. The fourth-order valence-electron chi connectivity index (χ4n) is 3.32. The van der Waals surface area contributed by atoms with E-state index in [9.17, 15) is 18.8 Å². The van der Waals surface area contributed by atoms with Crippen LogP contribution >= 0.6 is 0 Å². The van der Waals surface area contributed by atoms with Crippen LogP contribution in [0, 0.1) is 11.7 Å². The zero-order chi connectivity index (χ0) is 20.1. The van der Waals surface area contributed by atoms with E-state index < -0.39 is 17.6 Å². The molecule has 0 heterocycles. The molecule has 3 rings (SSSR count). The minimum absolute atomic E-state index is 0.0271. The number of hydrogen-bond acceptors (Lipinski definition) is 3. The van der Waals surface area contributed by atoms with Crippen LogP contribution in [0.15, 0.2) is 42.5 Å². The van der Waals surface area contributed by atoms with Crippen LogP contribution in [0.1, 0.15) is 52.8 Å². The Bertz CT molecular complexity index is 908. The lowest BCUT2D eigenvalue weighted by atomic mass is 9.88. The Kier molecular flexibility index (Phi) is 6.03. The number of carbonyl (C=O) groups excluding carboxylic acids is 3. The smallest absolute Gasteiger partial charge is 0.255 e. The zero-order valence-electron chi connectivity index (χ0n) is 15.3. The Balaban J connectivity index is 1.72. The molecule has 1 fully saturated rings. The Labute approximate surface area is 162 Å². The van der Waals surface area contributed by atoms with Crippen LogP contribution in [-0.4, -0.2) is 17.7 Å². The lowest BCUT2D eigenvalue weighted by Crippen LogP contribution is -2.25. The number of halogens is 1. The molecule has 1 saturated carbocycles. The van der Waals surface area contributed by atoms with Gasteiger partial charge in [-0.2, -0.15) is 0 Å². The van der Waals surface area contributed by atoms with Crippen molar-refractivity contribution in [1.29, 1.82) is 0 Å². The van der Waals surface area contributed by atoms with Crippen molar-refractivity contribution in [3.05, 3.63) is 59.4 Å². The van der Waals surface area contributed by atoms with Crippen LogP contribution in [0.5, 0.6) is 0 Å². The molecule has 0 spiro atoms. The molecule has 3 amide bonds. The van der Waals surface area contributed by atoms with Crippen molar-refractivity contribution in [2.24, 2.45) is 11.7 Å². The fourth-order valence-corrected chi connectivity index (χ4v) is 3.32. The minimum Gasteiger partial charge on any atom is -0.366 e. The van der Waals surface area contributed by atoms with Gasteiger partial charge in [0.1, 0.15) is 5.82 Å². The van der Waals surface area contributed by atoms with Gasteiger partial charge in [0.2, 0.25) is 11.8 Å². The summed E-state index contributed by atoms with van der Waals surface area (Å²) in [7, 11) is 0. The zero-order valence-corrected chi connectivity index (χ0v) is 15.3. The average Bonchev–Trinajstić information content (AvgIpc) is 2.71. The van der Waals surface area contributed by atoms with E-state index in [2.05, 4.69) is 10.6 Å². The van der Waals surface area contributed by atoms with Gasteiger partial charge in [-0.1, -0.05) is 25.3 Å². The number of amides is 3. The van der Waals surface area contributed by atoms with Crippen LogP contribution in [0.25, 0.3) is 0 Å². The third kappa shape index (κ3) is 4.73. The SMILES string of the molecule is NC(=O)c1cccc(C(=O)Nc2ccc(F)c(NC(=O)C3CCCCC3)c2)c1. The Hall–Kier alpha value is -3.22. The quantitative estimate of drug-likeness (QED) is 0.734. The van der Waals surface area contributed by atoms with Gasteiger partial charge in [0.15, 0.2) is 0 Å². The monoisotopic (exact) mass is 383 g/mol. The lowest BCUT2D eigenvalue weighted by molar-refractivity contribution is -0.120. The molecule has 7 heteroatoms. The first-order valence-corrected chi connectivity index (χ1v) is 9.25. The van der Waals surface area contributed by atoms with Crippen LogP contribution in [0.4, 0.5) is 15.8 Å². The standard InChI is InChI=1S/C21H22FN3O3/c22-17-10-9-16(12-18(17)25-20(27)13-5-2-1-3-6-13)24-21(28)15-8-4-7-14(11-15)19(23)26/h4,7-13H,1-3,5-6H2,(H2,23,26)(H,24,28)(H,25,27). The van der Waals surface area contributed by atoms with Gasteiger partial charge in [-0.15, -0.1) is 0 Å². The largest absolute Gasteiger partial charge is 0.366 e. The van der Waals surface area contributed by atoms with Gasteiger partial charge in [0.05, 0.1) is 5.69 Å². The second-order valence-corrected chi connectivity index (χ2v) is 6.92. The van der Waals surface area contributed by atoms with Gasteiger partial charge in [0, 0.05) is 22.7 Å². The number of hydrogen-bond donors (Lipinski definition) is 3. The van der Waals surface area contributed by atoms with E-state index in [1.807, 2.05) is 0 Å². The van der Waals surface area contributed by atoms with E-state index >= 15 is 0 Å². The van der Waals surface area contributed by atoms with E-state index in [1.54, 1.807) is 6.07 Å². The molecule has 0 bridgehead atoms. The molecule has 0 saturated heterocycles. The predicted molar refractivity (Wildman–Crippen MR) is 105 cm³/mol. The number of nitrogens with two attached hydrogens (primary N) is 1. The van der Waals surface area contributed by atoms with E-state index in [-0.39, 0.29) is 28.6 Å². The third-order valence-corrected chi connectivity index (χ3v) is 4.87. The molecule has 1 aliphatic carbocycles. The molecule has 2 aromatic carbocycles. The number of benzene rings is 2. The van der Waals surface area contributed by atoms with Gasteiger partial charge in [-0.25, -0.2) is 4.39 Å². The molecule has 0 unspecified atom stereocenters. The first kappa shape index (κ1) is 19.5. The van der Waals surface area contributed by atoms with E-state index in [1.165, 1.54) is 36.4 Å². The maximum Gasteiger partial charge on any atom is 0.255 e. The topological polar surface area (TPSA) is 101 Å². The maximum atomic E-state index is 14.1. The molecule has 4 N–H and O–H groups in total. The lowest BCUT2D eigenvalue weighted by Gasteiger charge is -2.21. The molecule has 146 valence electrons. The summed E-state index contributed by atoms with van der Waals surface area (Å²) in [6.45, 7) is 0. The van der Waals surface area contributed by atoms with Crippen LogP contribution in [0.3, 0.4) is 0 Å². The molecule has 1 aliphatic rings. The summed E-state index contributed by atoms with van der Waals surface area (Å²) in [5.74, 6) is -1.99. The number of nitrogens with one attached hydrogen (secondary N) is 2. The van der Waals surface area contributed by atoms with Gasteiger partial charge in [-0.05, 0) is 49.2 Å². The predicted octanol–water partition coefficient (Wildman–Crippen LogP) is 3.70. The highest BCUT2D eigenvalue weighted by Gasteiger charge is 2.22. The Morgan fingerprint density at radius 2 is 1.64 bits per heavy atom. The Morgan fingerprint density at radius 3 is 2.36 bits per heavy atom. The van der Waals surface area contributed by atoms with Crippen molar-refractivity contribution in [3.8, 4) is 0 Å². The molecular weight excluding hydrogens is 361 g/mol. The highest BCUT2D eigenvalue weighted by Crippen LogP contribution is 2.26. The number of anilines is 2. The number of primary amides is 1. The molecule has 28 heavy (non-hydrogen) atoms. The third-order valence-electron chi connectivity index (χ3n) is 4.87. The first-order valence-electron chi connectivity index (χ1n) is 9.25. The van der Waals surface area contributed by atoms with Crippen LogP contribution in [-0.2, 0) is 4.79 Å². The molecule has 2 aromatic rings. The number of rotatable bonds is 5. The maximum absolute atomic E-state index is 14.1. The molecule has 0 aromatic heterocycles. The van der Waals surface area contributed by atoms with Crippen molar-refractivity contribution in [1.82, 2.24) is 0 Å². The second-order valence-electron chi connectivity index (χ2n) is 6.92. The molecule has 6 nitrogen and oxygen atoms in total.